The van der Waals surface area contributed by atoms with E-state index in [0.29, 0.717) is 17.2 Å². The molecular formula is C22H17F2NO5. The Balaban J connectivity index is 2.11. The maximum atomic E-state index is 13.6. The molecule has 0 aliphatic heterocycles. The molecule has 0 saturated heterocycles. The maximum Gasteiger partial charge on any atom is 0.379 e. The van der Waals surface area contributed by atoms with Crippen molar-refractivity contribution >= 4 is 28.4 Å². The van der Waals surface area contributed by atoms with E-state index < -0.39 is 34.6 Å². The quantitative estimate of drug-likeness (QED) is 0.290. The summed E-state index contributed by atoms with van der Waals surface area (Å²) in [6.45, 7) is 1.56. The second kappa shape index (κ2) is 8.69. The largest absolute Gasteiger partial charge is 0.507 e. The van der Waals surface area contributed by atoms with Crippen molar-refractivity contribution in [3.05, 3.63) is 87.7 Å². The average molecular weight is 413 g/mol. The number of rotatable bonds is 6. The average Bonchev–Trinajstić information content (AvgIpc) is 2.72. The smallest absolute Gasteiger partial charge is 0.379 e. The minimum absolute atomic E-state index is 0.0177. The number of esters is 1. The van der Waals surface area contributed by atoms with Crippen LogP contribution in [0.3, 0.4) is 0 Å². The first-order chi connectivity index (χ1) is 14.3. The van der Waals surface area contributed by atoms with Crippen LogP contribution in [0.15, 0.2) is 59.5 Å². The lowest BCUT2D eigenvalue weighted by Gasteiger charge is -2.14. The Kier molecular flexibility index (Phi) is 6.06. The van der Waals surface area contributed by atoms with Crippen molar-refractivity contribution in [2.24, 2.45) is 0 Å². The fourth-order valence-electron chi connectivity index (χ4n) is 2.96. The number of pyridine rings is 1. The third-order valence-electron chi connectivity index (χ3n) is 4.34. The summed E-state index contributed by atoms with van der Waals surface area (Å²) >= 11 is 0. The van der Waals surface area contributed by atoms with Gasteiger partial charge in [0.2, 0.25) is 0 Å². The highest BCUT2D eigenvalue weighted by atomic mass is 19.2. The molecule has 0 amide bonds. The van der Waals surface area contributed by atoms with E-state index in [1.807, 2.05) is 0 Å². The van der Waals surface area contributed by atoms with Gasteiger partial charge in [0, 0.05) is 24.2 Å². The Morgan fingerprint density at radius 2 is 1.87 bits per heavy atom. The number of nitrogens with zero attached hydrogens (tertiary/aromatic N) is 1. The summed E-state index contributed by atoms with van der Waals surface area (Å²) in [4.78, 5) is 36.1. The van der Waals surface area contributed by atoms with Crippen LogP contribution in [0.5, 0.6) is 0 Å². The number of fused-ring (bicyclic) bond motifs is 1. The second-order valence-corrected chi connectivity index (χ2v) is 6.38. The molecule has 0 unspecified atom stereocenters. The standard InChI is InChI=1S/C22H17F2NO5/c1-2-30-22(29)20(27)10-19(26)15-12-25(11-13-7-8-16(23)17(24)9-13)18-6-4-3-5-14(18)21(15)28/h3-10,12,26H,2,11H2,1H3/b19-10-. The molecular weight excluding hydrogens is 396 g/mol. The van der Waals surface area contributed by atoms with E-state index in [-0.39, 0.29) is 24.1 Å². The number of benzene rings is 2. The third-order valence-corrected chi connectivity index (χ3v) is 4.34. The van der Waals surface area contributed by atoms with E-state index in [1.54, 1.807) is 22.8 Å². The van der Waals surface area contributed by atoms with Gasteiger partial charge in [-0.1, -0.05) is 18.2 Å². The van der Waals surface area contributed by atoms with Crippen molar-refractivity contribution in [2.75, 3.05) is 6.61 Å². The van der Waals surface area contributed by atoms with Gasteiger partial charge in [-0.3, -0.25) is 9.59 Å². The normalized spacial score (nSPS) is 11.5. The topological polar surface area (TPSA) is 85.6 Å². The van der Waals surface area contributed by atoms with Gasteiger partial charge in [-0.2, -0.15) is 0 Å². The van der Waals surface area contributed by atoms with Crippen molar-refractivity contribution < 1.29 is 28.2 Å². The molecule has 0 aliphatic rings. The van der Waals surface area contributed by atoms with Crippen molar-refractivity contribution in [3.8, 4) is 0 Å². The van der Waals surface area contributed by atoms with Crippen LogP contribution in [-0.2, 0) is 20.9 Å². The molecule has 3 rings (SSSR count). The summed E-state index contributed by atoms with van der Waals surface area (Å²) in [7, 11) is 0. The van der Waals surface area contributed by atoms with Gasteiger partial charge in [0.15, 0.2) is 17.1 Å². The number of aliphatic hydroxyl groups is 1. The van der Waals surface area contributed by atoms with Crippen LogP contribution in [-0.4, -0.2) is 28.0 Å². The predicted octanol–water partition coefficient (Wildman–Crippen LogP) is 3.36. The van der Waals surface area contributed by atoms with Crippen LogP contribution in [0.4, 0.5) is 8.78 Å². The van der Waals surface area contributed by atoms with Gasteiger partial charge < -0.3 is 14.4 Å². The molecule has 0 fully saturated rings. The van der Waals surface area contributed by atoms with Crippen molar-refractivity contribution in [2.45, 2.75) is 13.5 Å². The highest BCUT2D eigenvalue weighted by Gasteiger charge is 2.17. The number of para-hydroxylation sites is 1. The van der Waals surface area contributed by atoms with Crippen molar-refractivity contribution in [1.29, 1.82) is 0 Å². The third kappa shape index (κ3) is 4.27. The highest BCUT2D eigenvalue weighted by molar-refractivity contribution is 6.39. The van der Waals surface area contributed by atoms with Gasteiger partial charge in [0.05, 0.1) is 17.7 Å². The molecule has 2 aromatic carbocycles. The van der Waals surface area contributed by atoms with E-state index in [0.717, 1.165) is 12.1 Å². The number of aliphatic hydroxyl groups excluding tert-OH is 1. The fraction of sp³-hybridized carbons (Fsp3) is 0.136. The van der Waals surface area contributed by atoms with Crippen LogP contribution < -0.4 is 5.43 Å². The molecule has 154 valence electrons. The second-order valence-electron chi connectivity index (χ2n) is 6.38. The van der Waals surface area contributed by atoms with Crippen LogP contribution >= 0.6 is 0 Å². The van der Waals surface area contributed by atoms with Crippen molar-refractivity contribution in [3.63, 3.8) is 0 Å². The van der Waals surface area contributed by atoms with Gasteiger partial charge in [-0.05, 0) is 36.8 Å². The molecule has 1 aromatic heterocycles. The lowest BCUT2D eigenvalue weighted by atomic mass is 10.1. The van der Waals surface area contributed by atoms with Crippen LogP contribution in [0.25, 0.3) is 16.7 Å². The molecule has 0 bridgehead atoms. The Hall–Kier alpha value is -3.81. The number of aromatic nitrogens is 1. The summed E-state index contributed by atoms with van der Waals surface area (Å²) in [6.07, 6.45) is 1.90. The molecule has 8 heteroatoms. The van der Waals surface area contributed by atoms with Gasteiger partial charge >= 0.3 is 5.97 Å². The Labute approximate surface area is 169 Å². The summed E-state index contributed by atoms with van der Waals surface area (Å²) in [6, 6.07) is 9.93. The molecule has 3 aromatic rings. The maximum absolute atomic E-state index is 13.6. The van der Waals surface area contributed by atoms with Crippen LogP contribution in [0.2, 0.25) is 0 Å². The van der Waals surface area contributed by atoms with Gasteiger partial charge in [-0.15, -0.1) is 0 Å². The number of ether oxygens (including phenoxy) is 1. The van der Waals surface area contributed by atoms with Gasteiger partial charge in [-0.25, -0.2) is 13.6 Å². The molecule has 0 spiro atoms. The van der Waals surface area contributed by atoms with E-state index in [4.69, 9.17) is 0 Å². The van der Waals surface area contributed by atoms with Crippen molar-refractivity contribution in [1.82, 2.24) is 4.57 Å². The number of halogens is 2. The zero-order valence-electron chi connectivity index (χ0n) is 15.9. The monoisotopic (exact) mass is 413 g/mol. The SMILES string of the molecule is CCOC(=O)C(=O)/C=C(\O)c1cn(Cc2ccc(F)c(F)c2)c2ccccc2c1=O. The summed E-state index contributed by atoms with van der Waals surface area (Å²) < 4.78 is 32.9. The molecule has 6 nitrogen and oxygen atoms in total. The number of carbonyl (C=O) groups is 2. The van der Waals surface area contributed by atoms with E-state index in [2.05, 4.69) is 4.74 Å². The molecule has 1 heterocycles. The predicted molar refractivity (Wildman–Crippen MR) is 106 cm³/mol. The zero-order chi connectivity index (χ0) is 21.8. The summed E-state index contributed by atoms with van der Waals surface area (Å²) in [5, 5.41) is 10.6. The van der Waals surface area contributed by atoms with Gasteiger partial charge in [0.25, 0.3) is 5.78 Å². The molecule has 30 heavy (non-hydrogen) atoms. The zero-order valence-corrected chi connectivity index (χ0v) is 15.9. The number of ketones is 1. The molecule has 0 atom stereocenters. The molecule has 0 saturated carbocycles. The number of carbonyl (C=O) groups excluding carboxylic acids is 2. The molecule has 0 radical (unpaired) electrons. The minimum Gasteiger partial charge on any atom is -0.507 e. The van der Waals surface area contributed by atoms with E-state index >= 15 is 0 Å². The Bertz CT molecular complexity index is 1230. The lowest BCUT2D eigenvalue weighted by Crippen LogP contribution is -2.18. The summed E-state index contributed by atoms with van der Waals surface area (Å²) in [5.74, 6) is -4.98. The summed E-state index contributed by atoms with van der Waals surface area (Å²) in [5.41, 5.74) is 0.117. The molecule has 1 N–H and O–H groups in total. The number of hydrogen-bond acceptors (Lipinski definition) is 5. The first-order valence-corrected chi connectivity index (χ1v) is 9.00. The van der Waals surface area contributed by atoms with Crippen LogP contribution in [0, 0.1) is 11.6 Å². The van der Waals surface area contributed by atoms with E-state index in [9.17, 15) is 28.3 Å². The fourth-order valence-corrected chi connectivity index (χ4v) is 2.96. The van der Waals surface area contributed by atoms with Crippen LogP contribution in [0.1, 0.15) is 18.1 Å². The Morgan fingerprint density at radius 1 is 1.13 bits per heavy atom. The first-order valence-electron chi connectivity index (χ1n) is 9.00. The molecule has 0 aliphatic carbocycles. The first kappa shape index (κ1) is 20.9. The number of hydrogen-bond donors (Lipinski definition) is 1. The highest BCUT2D eigenvalue weighted by Crippen LogP contribution is 2.18. The minimum atomic E-state index is -1.16. The Morgan fingerprint density at radius 3 is 2.57 bits per heavy atom. The lowest BCUT2D eigenvalue weighted by molar-refractivity contribution is -0.151. The van der Waals surface area contributed by atoms with Gasteiger partial charge in [0.1, 0.15) is 5.76 Å². The van der Waals surface area contributed by atoms with E-state index in [1.165, 1.54) is 25.3 Å².